The van der Waals surface area contributed by atoms with E-state index in [-0.39, 0.29) is 0 Å². The Labute approximate surface area is 130 Å². The van der Waals surface area contributed by atoms with E-state index < -0.39 is 5.97 Å². The topological polar surface area (TPSA) is 93.9 Å². The third-order valence-electron chi connectivity index (χ3n) is 2.86. The number of nitrogens with zero attached hydrogens (tertiary/aromatic N) is 3. The van der Waals surface area contributed by atoms with Gasteiger partial charge in [-0.15, -0.1) is 5.10 Å². The maximum absolute atomic E-state index is 11.6. The number of aromatic amines is 1. The van der Waals surface area contributed by atoms with Crippen molar-refractivity contribution in [3.8, 4) is 11.5 Å². The highest BCUT2D eigenvalue weighted by atomic mass is 32.2. The fourth-order valence-electron chi connectivity index (χ4n) is 1.80. The molecule has 0 fully saturated rings. The summed E-state index contributed by atoms with van der Waals surface area (Å²) >= 11 is 1.35. The summed E-state index contributed by atoms with van der Waals surface area (Å²) in [6.45, 7) is 0. The van der Waals surface area contributed by atoms with E-state index in [1.165, 1.54) is 25.1 Å². The number of thioether (sulfide) groups is 1. The van der Waals surface area contributed by atoms with Gasteiger partial charge in [0.05, 0.1) is 19.1 Å². The van der Waals surface area contributed by atoms with Crippen molar-refractivity contribution in [2.24, 2.45) is 0 Å². The maximum Gasteiger partial charge on any atom is 0.341 e. The molecule has 3 heterocycles. The first kappa shape index (κ1) is 14.3. The van der Waals surface area contributed by atoms with Crippen LogP contribution in [0.4, 0.5) is 0 Å². The Morgan fingerprint density at radius 3 is 3.09 bits per heavy atom. The lowest BCUT2D eigenvalue weighted by atomic mass is 10.3. The molecular weight excluding hydrogens is 304 g/mol. The van der Waals surface area contributed by atoms with Crippen LogP contribution in [0.15, 0.2) is 46.3 Å². The van der Waals surface area contributed by atoms with Gasteiger partial charge in [-0.05, 0) is 18.2 Å². The predicted octanol–water partition coefficient (Wildman–Crippen LogP) is 2.54. The van der Waals surface area contributed by atoms with Gasteiger partial charge in [-0.1, -0.05) is 17.8 Å². The molecule has 22 heavy (non-hydrogen) atoms. The molecule has 8 heteroatoms. The fourth-order valence-corrected chi connectivity index (χ4v) is 2.55. The summed E-state index contributed by atoms with van der Waals surface area (Å²) in [5, 5.41) is 7.50. The van der Waals surface area contributed by atoms with Gasteiger partial charge in [0, 0.05) is 6.20 Å². The summed E-state index contributed by atoms with van der Waals surface area (Å²) in [6.07, 6.45) is 3.15. The summed E-state index contributed by atoms with van der Waals surface area (Å²) in [5.41, 5.74) is 1.13. The Morgan fingerprint density at radius 1 is 1.41 bits per heavy atom. The van der Waals surface area contributed by atoms with Crippen molar-refractivity contribution in [2.45, 2.75) is 10.9 Å². The average Bonchev–Trinajstić information content (AvgIpc) is 3.22. The van der Waals surface area contributed by atoms with Gasteiger partial charge in [-0.2, -0.15) is 4.98 Å². The molecule has 0 bridgehead atoms. The first-order valence-electron chi connectivity index (χ1n) is 6.39. The van der Waals surface area contributed by atoms with Gasteiger partial charge < -0.3 is 9.15 Å². The lowest BCUT2D eigenvalue weighted by molar-refractivity contribution is 0.0598. The highest BCUT2D eigenvalue weighted by Crippen LogP contribution is 2.24. The molecule has 0 saturated heterocycles. The van der Waals surface area contributed by atoms with Crippen LogP contribution in [-0.4, -0.2) is 33.2 Å². The van der Waals surface area contributed by atoms with Gasteiger partial charge in [-0.3, -0.25) is 10.1 Å². The van der Waals surface area contributed by atoms with E-state index in [1.807, 2.05) is 18.2 Å². The fraction of sp³-hybridized carbons (Fsp3) is 0.143. The van der Waals surface area contributed by atoms with E-state index in [0.29, 0.717) is 28.1 Å². The second kappa shape index (κ2) is 6.44. The molecule has 0 unspecified atom stereocenters. The molecule has 3 rings (SSSR count). The normalized spacial score (nSPS) is 10.6. The number of hydrogen-bond acceptors (Lipinski definition) is 7. The third-order valence-corrected chi connectivity index (χ3v) is 3.70. The molecule has 0 aliphatic carbocycles. The quantitative estimate of drug-likeness (QED) is 0.571. The minimum Gasteiger partial charge on any atom is -0.468 e. The van der Waals surface area contributed by atoms with Crippen LogP contribution in [-0.2, 0) is 10.5 Å². The lowest BCUT2D eigenvalue weighted by Gasteiger charge is -1.99. The second-order valence-corrected chi connectivity index (χ2v) is 5.16. The number of aromatic nitrogens is 4. The Hall–Kier alpha value is -2.61. The summed E-state index contributed by atoms with van der Waals surface area (Å²) in [6, 6.07) is 7.14. The van der Waals surface area contributed by atoms with Crippen LogP contribution in [0, 0.1) is 0 Å². The lowest BCUT2D eigenvalue weighted by Crippen LogP contribution is -2.02. The molecule has 112 valence electrons. The van der Waals surface area contributed by atoms with E-state index in [9.17, 15) is 4.79 Å². The number of esters is 1. The minimum absolute atomic E-state index is 0.412. The number of pyridine rings is 1. The summed E-state index contributed by atoms with van der Waals surface area (Å²) < 4.78 is 10.00. The van der Waals surface area contributed by atoms with Gasteiger partial charge in [0.2, 0.25) is 5.16 Å². The molecule has 0 aliphatic heterocycles. The highest BCUT2D eigenvalue weighted by molar-refractivity contribution is 7.98. The minimum atomic E-state index is -0.423. The Morgan fingerprint density at radius 2 is 2.32 bits per heavy atom. The smallest absolute Gasteiger partial charge is 0.341 e. The van der Waals surface area contributed by atoms with Crippen LogP contribution < -0.4 is 0 Å². The van der Waals surface area contributed by atoms with Crippen molar-refractivity contribution in [3.05, 3.63) is 48.0 Å². The molecule has 1 N–H and O–H groups in total. The van der Waals surface area contributed by atoms with Crippen molar-refractivity contribution < 1.29 is 13.9 Å². The zero-order valence-electron chi connectivity index (χ0n) is 11.6. The van der Waals surface area contributed by atoms with Crippen LogP contribution >= 0.6 is 11.8 Å². The first-order valence-corrected chi connectivity index (χ1v) is 7.38. The van der Waals surface area contributed by atoms with Crippen molar-refractivity contribution in [1.82, 2.24) is 20.2 Å². The van der Waals surface area contributed by atoms with Gasteiger partial charge in [0.15, 0.2) is 5.82 Å². The Balaban J connectivity index is 1.69. The van der Waals surface area contributed by atoms with Crippen molar-refractivity contribution in [3.63, 3.8) is 0 Å². The molecule has 0 spiro atoms. The number of ether oxygens (including phenoxy) is 1. The molecule has 7 nitrogen and oxygen atoms in total. The van der Waals surface area contributed by atoms with Crippen LogP contribution in [0.25, 0.3) is 11.5 Å². The number of furan rings is 1. The van der Waals surface area contributed by atoms with Crippen molar-refractivity contribution >= 4 is 17.7 Å². The van der Waals surface area contributed by atoms with Crippen molar-refractivity contribution in [2.75, 3.05) is 7.11 Å². The standard InChI is InChI=1S/C14H12N4O3S/c1-20-13(19)9-5-7-21-11(9)8-22-14-16-12(17-18-14)10-4-2-3-6-15-10/h2-7H,8H2,1H3,(H,16,17,18). The molecule has 0 aliphatic rings. The number of carbonyl (C=O) groups is 1. The highest BCUT2D eigenvalue weighted by Gasteiger charge is 2.16. The molecule has 0 atom stereocenters. The van der Waals surface area contributed by atoms with E-state index >= 15 is 0 Å². The monoisotopic (exact) mass is 316 g/mol. The number of nitrogens with one attached hydrogen (secondary N) is 1. The van der Waals surface area contributed by atoms with Gasteiger partial charge in [-0.25, -0.2) is 4.79 Å². The number of methoxy groups -OCH3 is 1. The van der Waals surface area contributed by atoms with Crippen LogP contribution in [0.2, 0.25) is 0 Å². The van der Waals surface area contributed by atoms with Gasteiger partial charge in [0.25, 0.3) is 0 Å². The Bertz CT molecular complexity index is 769. The van der Waals surface area contributed by atoms with Crippen LogP contribution in [0.5, 0.6) is 0 Å². The molecule has 0 radical (unpaired) electrons. The van der Waals surface area contributed by atoms with E-state index in [0.717, 1.165) is 5.69 Å². The zero-order chi connectivity index (χ0) is 15.4. The summed E-state index contributed by atoms with van der Waals surface area (Å²) in [4.78, 5) is 20.1. The number of hydrogen-bond donors (Lipinski definition) is 1. The van der Waals surface area contributed by atoms with E-state index in [2.05, 4.69) is 20.2 Å². The van der Waals surface area contributed by atoms with Crippen LogP contribution in [0.1, 0.15) is 16.1 Å². The molecule has 0 aromatic carbocycles. The number of rotatable bonds is 5. The molecule has 3 aromatic heterocycles. The molecule has 3 aromatic rings. The predicted molar refractivity (Wildman–Crippen MR) is 79.2 cm³/mol. The van der Waals surface area contributed by atoms with Crippen LogP contribution in [0.3, 0.4) is 0 Å². The van der Waals surface area contributed by atoms with Gasteiger partial charge >= 0.3 is 5.97 Å². The average molecular weight is 316 g/mol. The molecule has 0 saturated carbocycles. The Kier molecular flexibility index (Phi) is 4.19. The van der Waals surface area contributed by atoms with Gasteiger partial charge in [0.1, 0.15) is 17.0 Å². The second-order valence-electron chi connectivity index (χ2n) is 4.22. The summed E-state index contributed by atoms with van der Waals surface area (Å²) in [5.74, 6) is 1.13. The third kappa shape index (κ3) is 3.01. The molecule has 0 amide bonds. The number of carbonyl (C=O) groups excluding carboxylic acids is 1. The zero-order valence-corrected chi connectivity index (χ0v) is 12.5. The van der Waals surface area contributed by atoms with E-state index in [1.54, 1.807) is 12.3 Å². The SMILES string of the molecule is COC(=O)c1ccoc1CSc1n[nH]c(-c2ccccn2)n1. The number of H-pyrrole nitrogens is 1. The summed E-state index contributed by atoms with van der Waals surface area (Å²) in [7, 11) is 1.33. The largest absolute Gasteiger partial charge is 0.468 e. The van der Waals surface area contributed by atoms with Crippen molar-refractivity contribution in [1.29, 1.82) is 0 Å². The molecular formula is C14H12N4O3S. The first-order chi connectivity index (χ1) is 10.8. The van der Waals surface area contributed by atoms with E-state index in [4.69, 9.17) is 9.15 Å². The maximum atomic E-state index is 11.6.